The van der Waals surface area contributed by atoms with E-state index in [1.807, 2.05) is 29.2 Å². The van der Waals surface area contributed by atoms with Crippen LogP contribution < -0.4 is 4.74 Å². The van der Waals surface area contributed by atoms with Crippen LogP contribution in [0, 0.1) is 0 Å². The molecule has 0 aliphatic carbocycles. The molecule has 2 aromatic rings. The van der Waals surface area contributed by atoms with Crippen LogP contribution in [0.25, 0.3) is 0 Å². The zero-order valence-corrected chi connectivity index (χ0v) is 14.8. The summed E-state index contributed by atoms with van der Waals surface area (Å²) in [6, 6.07) is 13.7. The summed E-state index contributed by atoms with van der Waals surface area (Å²) in [5.74, 6) is -0.170. The van der Waals surface area contributed by atoms with Crippen LogP contribution >= 0.6 is 0 Å². The molecule has 27 heavy (non-hydrogen) atoms. The summed E-state index contributed by atoms with van der Waals surface area (Å²) in [5.41, 5.74) is 2.93. The molecule has 3 rings (SSSR count). The molecule has 4 nitrogen and oxygen atoms in total. The second-order valence-corrected chi connectivity index (χ2v) is 6.39. The number of ether oxygens (including phenoxy) is 2. The number of carbonyl (C=O) groups is 1. The Morgan fingerprint density at radius 1 is 1.15 bits per heavy atom. The molecule has 2 aromatic carbocycles. The Morgan fingerprint density at radius 2 is 1.85 bits per heavy atom. The van der Waals surface area contributed by atoms with Gasteiger partial charge in [-0.05, 0) is 35.2 Å². The largest absolute Gasteiger partial charge is 0.484 e. The highest BCUT2D eigenvalue weighted by Crippen LogP contribution is 2.32. The number of alkyl halides is 3. The van der Waals surface area contributed by atoms with Gasteiger partial charge < -0.3 is 9.47 Å². The quantitative estimate of drug-likeness (QED) is 0.739. The fourth-order valence-corrected chi connectivity index (χ4v) is 3.27. The molecule has 0 fully saturated rings. The van der Waals surface area contributed by atoms with Crippen molar-refractivity contribution in [3.05, 3.63) is 65.2 Å². The lowest BCUT2D eigenvalue weighted by molar-refractivity contribution is -0.153. The number of hydrogen-bond acceptors (Lipinski definition) is 4. The van der Waals surface area contributed by atoms with E-state index in [2.05, 4.69) is 0 Å². The number of halogens is 3. The summed E-state index contributed by atoms with van der Waals surface area (Å²) in [5, 5.41) is 0. The van der Waals surface area contributed by atoms with Gasteiger partial charge in [-0.15, -0.1) is 0 Å². The number of hydrogen-bond donors (Lipinski definition) is 0. The molecule has 0 unspecified atom stereocenters. The zero-order valence-electron chi connectivity index (χ0n) is 14.8. The van der Waals surface area contributed by atoms with Crippen molar-refractivity contribution in [1.29, 1.82) is 0 Å². The first kappa shape index (κ1) is 19.2. The summed E-state index contributed by atoms with van der Waals surface area (Å²) in [4.78, 5) is 14.4. The molecule has 1 aliphatic heterocycles. The van der Waals surface area contributed by atoms with Crippen molar-refractivity contribution in [3.8, 4) is 5.75 Å². The lowest BCUT2D eigenvalue weighted by atomic mass is 9.92. The molecular formula is C20H20F3NO3. The summed E-state index contributed by atoms with van der Waals surface area (Å²) < 4.78 is 46.4. The molecule has 7 heteroatoms. The zero-order chi connectivity index (χ0) is 19.4. The van der Waals surface area contributed by atoms with Gasteiger partial charge in [0.2, 0.25) is 0 Å². The van der Waals surface area contributed by atoms with Crippen molar-refractivity contribution in [2.24, 2.45) is 0 Å². The highest BCUT2D eigenvalue weighted by atomic mass is 19.4. The van der Waals surface area contributed by atoms with E-state index in [-0.39, 0.29) is 11.7 Å². The van der Waals surface area contributed by atoms with E-state index in [9.17, 15) is 18.0 Å². The fourth-order valence-electron chi connectivity index (χ4n) is 3.27. The van der Waals surface area contributed by atoms with E-state index < -0.39 is 18.8 Å². The molecule has 0 amide bonds. The predicted molar refractivity (Wildman–Crippen MR) is 93.3 cm³/mol. The van der Waals surface area contributed by atoms with Gasteiger partial charge in [0.1, 0.15) is 11.8 Å². The van der Waals surface area contributed by atoms with Gasteiger partial charge in [0.05, 0.1) is 7.11 Å². The van der Waals surface area contributed by atoms with Gasteiger partial charge >= 0.3 is 12.1 Å². The van der Waals surface area contributed by atoms with E-state index in [4.69, 9.17) is 9.47 Å². The number of rotatable bonds is 5. The summed E-state index contributed by atoms with van der Waals surface area (Å²) in [6.45, 7) is -0.156. The fraction of sp³-hybridized carbons (Fsp3) is 0.350. The first-order valence-corrected chi connectivity index (χ1v) is 8.55. The molecule has 0 saturated carbocycles. The van der Waals surface area contributed by atoms with Crippen molar-refractivity contribution in [2.45, 2.75) is 25.2 Å². The minimum atomic E-state index is -4.37. The van der Waals surface area contributed by atoms with Gasteiger partial charge in [-0.2, -0.15) is 13.2 Å². The minimum Gasteiger partial charge on any atom is -0.484 e. The third-order valence-corrected chi connectivity index (χ3v) is 4.52. The van der Waals surface area contributed by atoms with Crippen molar-refractivity contribution in [3.63, 3.8) is 0 Å². The summed E-state index contributed by atoms with van der Waals surface area (Å²) in [7, 11) is 1.37. The average molecular weight is 379 g/mol. The van der Waals surface area contributed by atoms with Crippen LogP contribution in [0.2, 0.25) is 0 Å². The smallest absolute Gasteiger partial charge is 0.422 e. The summed E-state index contributed by atoms with van der Waals surface area (Å²) in [6.07, 6.45) is -3.55. The van der Waals surface area contributed by atoms with Gasteiger partial charge in [0.15, 0.2) is 6.61 Å². The molecule has 0 spiro atoms. The molecule has 0 aromatic heterocycles. The number of esters is 1. The molecule has 0 bridgehead atoms. The van der Waals surface area contributed by atoms with Crippen LogP contribution in [-0.2, 0) is 22.5 Å². The Balaban J connectivity index is 1.73. The van der Waals surface area contributed by atoms with Crippen molar-refractivity contribution in [2.75, 3.05) is 20.3 Å². The highest BCUT2D eigenvalue weighted by Gasteiger charge is 2.33. The topological polar surface area (TPSA) is 38.8 Å². The molecule has 144 valence electrons. The van der Waals surface area contributed by atoms with Crippen molar-refractivity contribution in [1.82, 2.24) is 4.90 Å². The standard InChI is InChI=1S/C20H20F3NO3/c1-26-19(25)18-17-5-3-2-4-15(17)10-11-24(18)12-14-6-8-16(9-7-14)27-13-20(21,22)23/h2-9,18H,10-13H2,1H3/t18-/m0/s1. The average Bonchev–Trinajstić information content (AvgIpc) is 2.66. The van der Waals surface area contributed by atoms with Crippen LogP contribution in [0.5, 0.6) is 5.75 Å². The monoisotopic (exact) mass is 379 g/mol. The van der Waals surface area contributed by atoms with E-state index in [1.165, 1.54) is 19.2 Å². The third kappa shape index (κ3) is 4.80. The molecular weight excluding hydrogens is 359 g/mol. The van der Waals surface area contributed by atoms with Crippen molar-refractivity contribution >= 4 is 5.97 Å². The first-order chi connectivity index (χ1) is 12.9. The molecule has 1 aliphatic rings. The maximum Gasteiger partial charge on any atom is 0.422 e. The Bertz CT molecular complexity index is 790. The number of benzene rings is 2. The number of nitrogens with zero attached hydrogens (tertiary/aromatic N) is 1. The van der Waals surface area contributed by atoms with Crippen LogP contribution in [0.3, 0.4) is 0 Å². The Morgan fingerprint density at radius 3 is 2.52 bits per heavy atom. The SMILES string of the molecule is COC(=O)[C@@H]1c2ccccc2CCN1Cc1ccc(OCC(F)(F)F)cc1. The van der Waals surface area contributed by atoms with E-state index in [0.29, 0.717) is 13.1 Å². The third-order valence-electron chi connectivity index (χ3n) is 4.52. The molecule has 1 heterocycles. The van der Waals surface area contributed by atoms with Crippen LogP contribution in [-0.4, -0.2) is 37.3 Å². The van der Waals surface area contributed by atoms with Gasteiger partial charge in [-0.25, -0.2) is 4.79 Å². The molecule has 1 atom stereocenters. The van der Waals surface area contributed by atoms with E-state index in [0.717, 1.165) is 23.1 Å². The number of fused-ring (bicyclic) bond motifs is 1. The van der Waals surface area contributed by atoms with Crippen molar-refractivity contribution < 1.29 is 27.4 Å². The lowest BCUT2D eigenvalue weighted by Crippen LogP contribution is -2.39. The van der Waals surface area contributed by atoms with E-state index >= 15 is 0 Å². The van der Waals surface area contributed by atoms with Crippen LogP contribution in [0.15, 0.2) is 48.5 Å². The normalized spacial score (nSPS) is 17.3. The molecule has 0 saturated heterocycles. The predicted octanol–water partition coefficient (Wildman–Crippen LogP) is 3.90. The summed E-state index contributed by atoms with van der Waals surface area (Å²) >= 11 is 0. The van der Waals surface area contributed by atoms with E-state index in [1.54, 1.807) is 12.1 Å². The van der Waals surface area contributed by atoms with Gasteiger partial charge in [0.25, 0.3) is 0 Å². The second kappa shape index (κ2) is 8.00. The van der Waals surface area contributed by atoms with Crippen LogP contribution in [0.1, 0.15) is 22.7 Å². The lowest BCUT2D eigenvalue weighted by Gasteiger charge is -2.35. The molecule has 0 N–H and O–H groups in total. The second-order valence-electron chi connectivity index (χ2n) is 6.39. The minimum absolute atomic E-state index is 0.157. The Hall–Kier alpha value is -2.54. The Labute approximate surface area is 155 Å². The maximum atomic E-state index is 12.4. The number of carbonyl (C=O) groups excluding carboxylic acids is 1. The van der Waals surface area contributed by atoms with Crippen LogP contribution in [0.4, 0.5) is 13.2 Å². The number of methoxy groups -OCH3 is 1. The highest BCUT2D eigenvalue weighted by molar-refractivity contribution is 5.78. The Kier molecular flexibility index (Phi) is 5.70. The van der Waals surface area contributed by atoms with Gasteiger partial charge in [-0.3, -0.25) is 4.90 Å². The molecule has 0 radical (unpaired) electrons. The maximum absolute atomic E-state index is 12.4. The van der Waals surface area contributed by atoms with Gasteiger partial charge in [-0.1, -0.05) is 36.4 Å². The first-order valence-electron chi connectivity index (χ1n) is 8.55. The van der Waals surface area contributed by atoms with Gasteiger partial charge in [0, 0.05) is 13.1 Å².